The minimum absolute atomic E-state index is 0.124. The molecule has 0 amide bonds. The minimum Gasteiger partial charge on any atom is -0.392 e. The smallest absolute Gasteiger partial charge is 0.138 e. The first kappa shape index (κ1) is 13.0. The maximum atomic E-state index is 13.2. The molecule has 0 aliphatic carbocycles. The lowest BCUT2D eigenvalue weighted by Crippen LogP contribution is -2.13. The summed E-state index contributed by atoms with van der Waals surface area (Å²) >= 11 is 3.30. The van der Waals surface area contributed by atoms with Crippen LogP contribution in [-0.4, -0.2) is 17.1 Å². The lowest BCUT2D eigenvalue weighted by Gasteiger charge is -2.20. The highest BCUT2D eigenvalue weighted by molar-refractivity contribution is 9.10. The van der Waals surface area contributed by atoms with Gasteiger partial charge < -0.3 is 10.0 Å². The van der Waals surface area contributed by atoms with Crippen molar-refractivity contribution >= 4 is 27.4 Å². The first-order chi connectivity index (χ1) is 8.61. The van der Waals surface area contributed by atoms with E-state index in [0.717, 1.165) is 4.47 Å². The van der Waals surface area contributed by atoms with Crippen molar-refractivity contribution in [1.82, 2.24) is 4.98 Å². The lowest BCUT2D eigenvalue weighted by molar-refractivity contribution is 0.282. The molecule has 18 heavy (non-hydrogen) atoms. The Labute approximate surface area is 113 Å². The summed E-state index contributed by atoms with van der Waals surface area (Å²) in [5.41, 5.74) is 1.36. The van der Waals surface area contributed by atoms with Crippen LogP contribution in [0.15, 0.2) is 41.0 Å². The summed E-state index contributed by atoms with van der Waals surface area (Å²) in [4.78, 5) is 5.99. The zero-order valence-corrected chi connectivity index (χ0v) is 11.4. The van der Waals surface area contributed by atoms with Gasteiger partial charge in [-0.25, -0.2) is 9.37 Å². The Kier molecular flexibility index (Phi) is 3.93. The number of aliphatic hydroxyl groups is 1. The molecule has 0 spiro atoms. The van der Waals surface area contributed by atoms with E-state index in [9.17, 15) is 9.50 Å². The molecule has 2 aromatic rings. The van der Waals surface area contributed by atoms with Gasteiger partial charge in [-0.3, -0.25) is 0 Å². The predicted octanol–water partition coefficient (Wildman–Crippen LogP) is 3.24. The van der Waals surface area contributed by atoms with E-state index in [1.54, 1.807) is 36.3 Å². The summed E-state index contributed by atoms with van der Waals surface area (Å²) in [6.07, 6.45) is 1.64. The highest BCUT2D eigenvalue weighted by atomic mass is 79.9. The van der Waals surface area contributed by atoms with Crippen molar-refractivity contribution in [2.24, 2.45) is 0 Å². The molecule has 1 aromatic heterocycles. The van der Waals surface area contributed by atoms with Crippen molar-refractivity contribution in [3.8, 4) is 0 Å². The molecule has 0 bridgehead atoms. The fraction of sp³-hybridized carbons (Fsp3) is 0.154. The summed E-state index contributed by atoms with van der Waals surface area (Å²) in [5.74, 6) is 0.299. The Morgan fingerprint density at radius 3 is 2.83 bits per heavy atom. The number of aliphatic hydroxyl groups excluding tert-OH is 1. The molecule has 94 valence electrons. The standard InChI is InChI=1S/C13H12BrFN2O/c1-17(12-4-2-3-11(15)6-12)13-9(8-18)5-10(14)7-16-13/h2-7,18H,8H2,1H3. The van der Waals surface area contributed by atoms with Crippen LogP contribution < -0.4 is 4.90 Å². The van der Waals surface area contributed by atoms with Gasteiger partial charge in [0.15, 0.2) is 0 Å². The summed E-state index contributed by atoms with van der Waals surface area (Å²) in [7, 11) is 1.78. The molecule has 0 saturated carbocycles. The fourth-order valence-corrected chi connectivity index (χ4v) is 2.08. The first-order valence-corrected chi connectivity index (χ1v) is 6.15. The van der Waals surface area contributed by atoms with Gasteiger partial charge in [0.05, 0.1) is 6.61 Å². The molecule has 0 aliphatic rings. The highest BCUT2D eigenvalue weighted by Crippen LogP contribution is 2.27. The van der Waals surface area contributed by atoms with Crippen LogP contribution in [0, 0.1) is 5.82 Å². The van der Waals surface area contributed by atoms with Crippen molar-refractivity contribution in [3.63, 3.8) is 0 Å². The van der Waals surface area contributed by atoms with Crippen molar-refractivity contribution in [2.75, 3.05) is 11.9 Å². The van der Waals surface area contributed by atoms with E-state index in [0.29, 0.717) is 17.1 Å². The van der Waals surface area contributed by atoms with Crippen LogP contribution in [-0.2, 0) is 6.61 Å². The topological polar surface area (TPSA) is 36.4 Å². The van der Waals surface area contributed by atoms with Crippen LogP contribution in [0.2, 0.25) is 0 Å². The second-order valence-electron chi connectivity index (χ2n) is 3.83. The maximum absolute atomic E-state index is 13.2. The van der Waals surface area contributed by atoms with Gasteiger partial charge >= 0.3 is 0 Å². The molecule has 0 radical (unpaired) electrons. The van der Waals surface area contributed by atoms with Crippen LogP contribution in [0.1, 0.15) is 5.56 Å². The maximum Gasteiger partial charge on any atom is 0.138 e. The molecule has 1 heterocycles. The van der Waals surface area contributed by atoms with Crippen LogP contribution in [0.3, 0.4) is 0 Å². The van der Waals surface area contributed by atoms with Gasteiger partial charge in [0.25, 0.3) is 0 Å². The second-order valence-corrected chi connectivity index (χ2v) is 4.75. The average Bonchev–Trinajstić information content (AvgIpc) is 2.37. The molecule has 0 atom stereocenters. The summed E-state index contributed by atoms with van der Waals surface area (Å²) in [6, 6.07) is 8.02. The van der Waals surface area contributed by atoms with E-state index >= 15 is 0 Å². The number of benzene rings is 1. The minimum atomic E-state index is -0.304. The molecule has 0 unspecified atom stereocenters. The van der Waals surface area contributed by atoms with Crippen molar-refractivity contribution in [1.29, 1.82) is 0 Å². The number of aromatic nitrogens is 1. The van der Waals surface area contributed by atoms with E-state index in [1.807, 2.05) is 0 Å². The lowest BCUT2D eigenvalue weighted by atomic mass is 10.2. The number of halogens is 2. The van der Waals surface area contributed by atoms with Crippen LogP contribution in [0.5, 0.6) is 0 Å². The molecular weight excluding hydrogens is 299 g/mol. The summed E-state index contributed by atoms with van der Waals surface area (Å²) in [6.45, 7) is -0.124. The van der Waals surface area contributed by atoms with E-state index in [2.05, 4.69) is 20.9 Å². The molecule has 3 nitrogen and oxygen atoms in total. The van der Waals surface area contributed by atoms with Gasteiger partial charge in [0.1, 0.15) is 11.6 Å². The predicted molar refractivity (Wildman–Crippen MR) is 72.3 cm³/mol. The van der Waals surface area contributed by atoms with Crippen molar-refractivity contribution < 1.29 is 9.50 Å². The molecular formula is C13H12BrFN2O. The Bertz CT molecular complexity index is 562. The molecule has 1 N–H and O–H groups in total. The molecule has 2 rings (SSSR count). The van der Waals surface area contributed by atoms with Crippen molar-refractivity contribution in [3.05, 3.63) is 52.4 Å². The molecule has 0 saturated heterocycles. The van der Waals surface area contributed by atoms with Crippen molar-refractivity contribution in [2.45, 2.75) is 6.61 Å². The number of anilines is 2. The Hall–Kier alpha value is -1.46. The number of pyridine rings is 1. The number of hydrogen-bond donors (Lipinski definition) is 1. The average molecular weight is 311 g/mol. The Balaban J connectivity index is 2.42. The SMILES string of the molecule is CN(c1cccc(F)c1)c1ncc(Br)cc1CO. The number of hydrogen-bond acceptors (Lipinski definition) is 3. The zero-order valence-electron chi connectivity index (χ0n) is 9.77. The van der Waals surface area contributed by atoms with Gasteiger partial charge in [0.2, 0.25) is 0 Å². The normalized spacial score (nSPS) is 10.4. The van der Waals surface area contributed by atoms with Gasteiger partial charge in [-0.05, 0) is 40.2 Å². The van der Waals surface area contributed by atoms with E-state index in [1.165, 1.54) is 12.1 Å². The molecule has 0 fully saturated rings. The summed E-state index contributed by atoms with van der Waals surface area (Å²) in [5, 5.41) is 9.33. The van der Waals surface area contributed by atoms with Gasteiger partial charge in [-0.2, -0.15) is 0 Å². The molecule has 1 aromatic carbocycles. The molecule has 0 aliphatic heterocycles. The first-order valence-electron chi connectivity index (χ1n) is 5.36. The zero-order chi connectivity index (χ0) is 13.1. The number of rotatable bonds is 3. The summed E-state index contributed by atoms with van der Waals surface area (Å²) < 4.78 is 14.0. The van der Waals surface area contributed by atoms with Crippen LogP contribution in [0.25, 0.3) is 0 Å². The van der Waals surface area contributed by atoms with Crippen LogP contribution in [0.4, 0.5) is 15.9 Å². The molecule has 5 heteroatoms. The van der Waals surface area contributed by atoms with Gasteiger partial charge in [0, 0.05) is 29.0 Å². The largest absolute Gasteiger partial charge is 0.392 e. The Morgan fingerprint density at radius 1 is 1.39 bits per heavy atom. The van der Waals surface area contributed by atoms with Gasteiger partial charge in [-0.1, -0.05) is 6.07 Å². The monoisotopic (exact) mass is 310 g/mol. The number of nitrogens with zero attached hydrogens (tertiary/aromatic N) is 2. The van der Waals surface area contributed by atoms with Gasteiger partial charge in [-0.15, -0.1) is 0 Å². The fourth-order valence-electron chi connectivity index (χ4n) is 1.70. The second kappa shape index (κ2) is 5.46. The highest BCUT2D eigenvalue weighted by Gasteiger charge is 2.11. The Morgan fingerprint density at radius 2 is 2.17 bits per heavy atom. The van der Waals surface area contributed by atoms with E-state index in [-0.39, 0.29) is 12.4 Å². The third-order valence-electron chi connectivity index (χ3n) is 2.59. The third-order valence-corrected chi connectivity index (χ3v) is 3.03. The van der Waals surface area contributed by atoms with Crippen LogP contribution >= 0.6 is 15.9 Å². The third kappa shape index (κ3) is 2.68. The van der Waals surface area contributed by atoms with E-state index < -0.39 is 0 Å². The quantitative estimate of drug-likeness (QED) is 0.945. The van der Waals surface area contributed by atoms with E-state index in [4.69, 9.17) is 0 Å².